The second-order valence-corrected chi connectivity index (χ2v) is 7.83. The van der Waals surface area contributed by atoms with Crippen molar-refractivity contribution in [3.8, 4) is 0 Å². The zero-order valence-corrected chi connectivity index (χ0v) is 17.6. The predicted molar refractivity (Wildman–Crippen MR) is 112 cm³/mol. The van der Waals surface area contributed by atoms with E-state index < -0.39 is 0 Å². The highest BCUT2D eigenvalue weighted by Gasteiger charge is 2.20. The molecule has 0 saturated carbocycles. The lowest BCUT2D eigenvalue weighted by Crippen LogP contribution is -2.08. The van der Waals surface area contributed by atoms with Crippen LogP contribution in [0.15, 0.2) is 18.2 Å². The third-order valence-corrected chi connectivity index (χ3v) is 5.82. The van der Waals surface area contributed by atoms with Crippen molar-refractivity contribution in [1.29, 1.82) is 0 Å². The van der Waals surface area contributed by atoms with Crippen molar-refractivity contribution in [2.45, 2.75) is 27.2 Å². The van der Waals surface area contributed by atoms with Crippen molar-refractivity contribution in [3.63, 3.8) is 0 Å². The topological polar surface area (TPSA) is 64.1 Å². The molecule has 0 radical (unpaired) electrons. The van der Waals surface area contributed by atoms with Gasteiger partial charge in [0.25, 0.3) is 0 Å². The number of fused-ring (bicyclic) bond motifs is 1. The Kier molecular flexibility index (Phi) is 6.19. The number of hydrogen-bond donors (Lipinski definition) is 1. The Morgan fingerprint density at radius 2 is 2.04 bits per heavy atom. The van der Waals surface area contributed by atoms with Gasteiger partial charge in [0, 0.05) is 16.6 Å². The summed E-state index contributed by atoms with van der Waals surface area (Å²) in [5, 5.41) is 5.47. The van der Waals surface area contributed by atoms with Gasteiger partial charge in [0.1, 0.15) is 21.3 Å². The van der Waals surface area contributed by atoms with Gasteiger partial charge in [-0.1, -0.05) is 29.3 Å². The van der Waals surface area contributed by atoms with Gasteiger partial charge >= 0.3 is 5.97 Å². The van der Waals surface area contributed by atoms with Crippen LogP contribution in [0.4, 0.5) is 5.82 Å². The van der Waals surface area contributed by atoms with E-state index in [2.05, 4.69) is 15.3 Å². The zero-order chi connectivity index (χ0) is 19.6. The van der Waals surface area contributed by atoms with Gasteiger partial charge < -0.3 is 10.1 Å². The molecular weight excluding hydrogens is 405 g/mol. The summed E-state index contributed by atoms with van der Waals surface area (Å²) in [6.07, 6.45) is 0.717. The highest BCUT2D eigenvalue weighted by atomic mass is 35.5. The number of carbonyl (C=O) groups excluding carboxylic acids is 1. The van der Waals surface area contributed by atoms with Gasteiger partial charge in [-0.2, -0.15) is 0 Å². The molecule has 0 aliphatic rings. The van der Waals surface area contributed by atoms with Crippen LogP contribution in [-0.2, 0) is 11.2 Å². The van der Waals surface area contributed by atoms with Crippen molar-refractivity contribution in [3.05, 3.63) is 50.1 Å². The van der Waals surface area contributed by atoms with Crippen molar-refractivity contribution < 1.29 is 9.53 Å². The quantitative estimate of drug-likeness (QED) is 0.534. The number of hydrogen-bond acceptors (Lipinski definition) is 6. The summed E-state index contributed by atoms with van der Waals surface area (Å²) in [5.41, 5.74) is 1.84. The van der Waals surface area contributed by atoms with Crippen LogP contribution in [0.3, 0.4) is 0 Å². The summed E-state index contributed by atoms with van der Waals surface area (Å²) in [5.74, 6) is 1.03. The molecule has 8 heteroatoms. The van der Waals surface area contributed by atoms with Gasteiger partial charge in [-0.3, -0.25) is 0 Å². The van der Waals surface area contributed by atoms with Crippen LogP contribution < -0.4 is 5.32 Å². The van der Waals surface area contributed by atoms with E-state index >= 15 is 0 Å². The molecular formula is C19H19Cl2N3O2S. The fourth-order valence-corrected chi connectivity index (χ4v) is 4.43. The van der Waals surface area contributed by atoms with E-state index in [1.165, 1.54) is 11.3 Å². The van der Waals surface area contributed by atoms with Crippen LogP contribution in [0.1, 0.15) is 33.5 Å². The number of halogens is 2. The van der Waals surface area contributed by atoms with E-state index in [0.29, 0.717) is 46.1 Å². The highest BCUT2D eigenvalue weighted by Crippen LogP contribution is 2.34. The molecule has 3 rings (SSSR count). The summed E-state index contributed by atoms with van der Waals surface area (Å²) in [7, 11) is 0. The standard InChI is InChI=1S/C19H19Cl2N3O2S/c1-4-26-19(25)16-10(2)15-17(23-11(3)24-18(15)27-16)22-8-7-12-5-6-13(20)9-14(12)21/h5-6,9H,4,7-8H2,1-3H3,(H,22,23,24). The first kappa shape index (κ1) is 19.9. The molecule has 3 aromatic rings. The summed E-state index contributed by atoms with van der Waals surface area (Å²) in [6.45, 7) is 6.49. The number of carbonyl (C=O) groups is 1. The van der Waals surface area contributed by atoms with Crippen molar-refractivity contribution in [2.24, 2.45) is 0 Å². The maximum Gasteiger partial charge on any atom is 0.348 e. The summed E-state index contributed by atoms with van der Waals surface area (Å²) < 4.78 is 5.15. The Labute approximate surface area is 171 Å². The first-order chi connectivity index (χ1) is 12.9. The lowest BCUT2D eigenvalue weighted by molar-refractivity contribution is 0.0531. The van der Waals surface area contributed by atoms with E-state index in [4.69, 9.17) is 27.9 Å². The van der Waals surface area contributed by atoms with Crippen LogP contribution in [-0.4, -0.2) is 29.1 Å². The largest absolute Gasteiger partial charge is 0.462 e. The number of rotatable bonds is 6. The zero-order valence-electron chi connectivity index (χ0n) is 15.2. The van der Waals surface area contributed by atoms with Crippen molar-refractivity contribution in [1.82, 2.24) is 9.97 Å². The maximum absolute atomic E-state index is 12.2. The molecule has 142 valence electrons. The average molecular weight is 424 g/mol. The molecule has 2 heterocycles. The molecule has 27 heavy (non-hydrogen) atoms. The summed E-state index contributed by atoms with van der Waals surface area (Å²) in [4.78, 5) is 22.5. The minimum absolute atomic E-state index is 0.324. The number of thiophene rings is 1. The first-order valence-electron chi connectivity index (χ1n) is 8.53. The minimum atomic E-state index is -0.324. The van der Waals surface area contributed by atoms with Gasteiger partial charge in [-0.05, 0) is 50.5 Å². The molecule has 0 aliphatic heterocycles. The van der Waals surface area contributed by atoms with E-state index in [0.717, 1.165) is 21.3 Å². The molecule has 1 N–H and O–H groups in total. The van der Waals surface area contributed by atoms with Gasteiger partial charge in [-0.25, -0.2) is 14.8 Å². The fraction of sp³-hybridized carbons (Fsp3) is 0.316. The summed E-state index contributed by atoms with van der Waals surface area (Å²) >= 11 is 13.5. The van der Waals surface area contributed by atoms with Gasteiger partial charge in [-0.15, -0.1) is 11.3 Å². The number of nitrogens with zero attached hydrogens (tertiary/aromatic N) is 2. The monoisotopic (exact) mass is 423 g/mol. The number of aryl methyl sites for hydroxylation is 2. The normalized spacial score (nSPS) is 11.0. The van der Waals surface area contributed by atoms with Crippen LogP contribution in [0.5, 0.6) is 0 Å². The molecule has 0 fully saturated rings. The van der Waals surface area contributed by atoms with E-state index in [1.54, 1.807) is 13.0 Å². The molecule has 0 amide bonds. The smallest absolute Gasteiger partial charge is 0.348 e. The molecule has 0 unspecified atom stereocenters. The number of esters is 1. The number of benzene rings is 1. The Balaban J connectivity index is 1.86. The Hall–Kier alpha value is -1.89. The van der Waals surface area contributed by atoms with Gasteiger partial charge in [0.2, 0.25) is 0 Å². The third-order valence-electron chi connectivity index (χ3n) is 4.06. The Bertz CT molecular complexity index is 1000. The number of ether oxygens (including phenoxy) is 1. The lowest BCUT2D eigenvalue weighted by atomic mass is 10.1. The van der Waals surface area contributed by atoms with Crippen LogP contribution in [0, 0.1) is 13.8 Å². The average Bonchev–Trinajstić information content (AvgIpc) is 2.93. The molecule has 0 spiro atoms. The molecule has 2 aromatic heterocycles. The number of aromatic nitrogens is 2. The SMILES string of the molecule is CCOC(=O)c1sc2nc(C)nc(NCCc3ccc(Cl)cc3Cl)c2c1C. The Morgan fingerprint density at radius 1 is 1.26 bits per heavy atom. The molecule has 0 aliphatic carbocycles. The van der Waals surface area contributed by atoms with Crippen molar-refractivity contribution in [2.75, 3.05) is 18.5 Å². The number of anilines is 1. The van der Waals surface area contributed by atoms with Crippen LogP contribution in [0.2, 0.25) is 10.0 Å². The highest BCUT2D eigenvalue weighted by molar-refractivity contribution is 7.20. The van der Waals surface area contributed by atoms with Gasteiger partial charge in [0.15, 0.2) is 0 Å². The van der Waals surface area contributed by atoms with E-state index in [9.17, 15) is 4.79 Å². The van der Waals surface area contributed by atoms with Crippen LogP contribution >= 0.6 is 34.5 Å². The van der Waals surface area contributed by atoms with Crippen LogP contribution in [0.25, 0.3) is 10.2 Å². The third kappa shape index (κ3) is 4.34. The predicted octanol–water partition coefficient (Wildman–Crippen LogP) is 5.45. The fourth-order valence-electron chi connectivity index (χ4n) is 2.80. The number of nitrogens with one attached hydrogen (secondary N) is 1. The second kappa shape index (κ2) is 8.42. The van der Waals surface area contributed by atoms with E-state index in [1.807, 2.05) is 26.0 Å². The molecule has 0 saturated heterocycles. The Morgan fingerprint density at radius 3 is 2.74 bits per heavy atom. The van der Waals surface area contributed by atoms with Crippen molar-refractivity contribution >= 4 is 56.5 Å². The molecule has 0 atom stereocenters. The molecule has 0 bridgehead atoms. The maximum atomic E-state index is 12.2. The lowest BCUT2D eigenvalue weighted by Gasteiger charge is -2.10. The minimum Gasteiger partial charge on any atom is -0.462 e. The van der Waals surface area contributed by atoms with E-state index in [-0.39, 0.29) is 5.97 Å². The molecule has 1 aromatic carbocycles. The second-order valence-electron chi connectivity index (χ2n) is 5.99. The summed E-state index contributed by atoms with van der Waals surface area (Å²) in [6, 6.07) is 5.48. The first-order valence-corrected chi connectivity index (χ1v) is 10.1. The van der Waals surface area contributed by atoms with Gasteiger partial charge in [0.05, 0.1) is 12.0 Å². The molecule has 5 nitrogen and oxygen atoms in total.